The molecular weight excluding hydrogens is 358 g/mol. The van der Waals surface area contributed by atoms with Crippen molar-refractivity contribution in [3.63, 3.8) is 0 Å². The van der Waals surface area contributed by atoms with Crippen LogP contribution < -0.4 is 5.32 Å². The number of aliphatic hydroxyl groups excluding tert-OH is 6. The van der Waals surface area contributed by atoms with Crippen LogP contribution in [0.15, 0.2) is 0 Å². The molecule has 2 aliphatic rings. The Hall–Kier alpha value is -0.930. The number of aliphatic hydroxyl groups is 8. The van der Waals surface area contributed by atoms with Gasteiger partial charge in [0, 0.05) is 6.92 Å². The zero-order valence-electron chi connectivity index (χ0n) is 14.0. The number of ether oxygens (including phenoxy) is 2. The summed E-state index contributed by atoms with van der Waals surface area (Å²) in [5, 5.41) is 83.9. The monoisotopic (exact) mass is 383 g/mol. The molecule has 9 N–H and O–H groups in total. The van der Waals surface area contributed by atoms with Crippen LogP contribution in [0, 0.1) is 0 Å². The van der Waals surface area contributed by atoms with E-state index in [1.807, 2.05) is 0 Å². The maximum absolute atomic E-state index is 11.4. The Morgan fingerprint density at radius 3 is 2.12 bits per heavy atom. The van der Waals surface area contributed by atoms with Crippen LogP contribution in [0.3, 0.4) is 0 Å². The predicted octanol–water partition coefficient (Wildman–Crippen LogP) is -5.86. The molecule has 2 saturated heterocycles. The third kappa shape index (κ3) is 3.01. The number of amides is 1. The van der Waals surface area contributed by atoms with E-state index < -0.39 is 79.8 Å². The summed E-state index contributed by atoms with van der Waals surface area (Å²) in [6.45, 7) is -1.03. The van der Waals surface area contributed by atoms with Crippen molar-refractivity contribution in [1.29, 1.82) is 0 Å². The first kappa shape index (κ1) is 21.4. The van der Waals surface area contributed by atoms with E-state index in [2.05, 4.69) is 5.32 Å². The Bertz CT molecular complexity index is 521. The van der Waals surface area contributed by atoms with Crippen molar-refractivity contribution in [3.8, 4) is 0 Å². The maximum atomic E-state index is 11.4. The molecule has 2 rings (SSSR count). The van der Waals surface area contributed by atoms with Crippen molar-refractivity contribution in [3.05, 3.63) is 0 Å². The second-order valence-electron chi connectivity index (χ2n) is 6.55. The lowest BCUT2D eigenvalue weighted by molar-refractivity contribution is -0.396. The van der Waals surface area contributed by atoms with Gasteiger partial charge in [0.2, 0.25) is 5.91 Å². The van der Waals surface area contributed by atoms with E-state index in [9.17, 15) is 40.5 Å². The van der Waals surface area contributed by atoms with Crippen molar-refractivity contribution >= 4 is 5.91 Å². The lowest BCUT2D eigenvalue weighted by atomic mass is 9.65. The number of rotatable bonds is 4. The van der Waals surface area contributed by atoms with Crippen LogP contribution in [-0.4, -0.2) is 121 Å². The largest absolute Gasteiger partial charge is 0.394 e. The average molecular weight is 383 g/mol. The van der Waals surface area contributed by atoms with Gasteiger partial charge in [-0.05, 0) is 0 Å². The first-order valence-electron chi connectivity index (χ1n) is 7.98. The van der Waals surface area contributed by atoms with Gasteiger partial charge in [0.1, 0.15) is 30.5 Å². The Labute approximate surface area is 148 Å². The van der Waals surface area contributed by atoms with Gasteiger partial charge in [0.15, 0.2) is 17.5 Å². The zero-order chi connectivity index (χ0) is 19.9. The molecule has 0 aromatic heterocycles. The number of nitrogens with one attached hydrogen (secondary N) is 1. The quantitative estimate of drug-likeness (QED) is 0.223. The molecule has 0 aromatic rings. The third-order valence-electron chi connectivity index (χ3n) is 5.03. The first-order valence-corrected chi connectivity index (χ1v) is 7.98. The molecule has 2 aliphatic heterocycles. The molecule has 0 saturated carbocycles. The van der Waals surface area contributed by atoms with Gasteiger partial charge in [0.05, 0.1) is 25.9 Å². The summed E-state index contributed by atoms with van der Waals surface area (Å²) in [4.78, 5) is 11.4. The number of carbonyl (C=O) groups excluding carboxylic acids is 1. The summed E-state index contributed by atoms with van der Waals surface area (Å²) in [6, 6.07) is -1.55. The Balaban J connectivity index is 2.53. The summed E-state index contributed by atoms with van der Waals surface area (Å²) < 4.78 is 10.0. The summed E-state index contributed by atoms with van der Waals surface area (Å²) in [7, 11) is 0. The number of carbonyl (C=O) groups is 1. The highest BCUT2D eigenvalue weighted by Crippen LogP contribution is 2.43. The van der Waals surface area contributed by atoms with Gasteiger partial charge in [-0.2, -0.15) is 0 Å². The number of hydrogen-bond donors (Lipinski definition) is 9. The second kappa shape index (κ2) is 7.59. The fourth-order valence-electron chi connectivity index (χ4n) is 3.54. The molecule has 9 atom stereocenters. The lowest BCUT2D eigenvalue weighted by Crippen LogP contribution is -2.85. The van der Waals surface area contributed by atoms with Crippen LogP contribution in [0.25, 0.3) is 0 Å². The van der Waals surface area contributed by atoms with Crippen molar-refractivity contribution in [2.24, 2.45) is 0 Å². The Morgan fingerprint density at radius 2 is 1.62 bits per heavy atom. The first-order chi connectivity index (χ1) is 12.0. The van der Waals surface area contributed by atoms with Gasteiger partial charge >= 0.3 is 0 Å². The molecule has 0 spiro atoms. The lowest BCUT2D eigenvalue weighted by Gasteiger charge is -2.59. The van der Waals surface area contributed by atoms with E-state index in [4.69, 9.17) is 14.6 Å². The highest BCUT2D eigenvalue weighted by atomic mass is 16.6. The van der Waals surface area contributed by atoms with Crippen molar-refractivity contribution in [1.82, 2.24) is 5.32 Å². The van der Waals surface area contributed by atoms with E-state index in [0.29, 0.717) is 0 Å². The Morgan fingerprint density at radius 1 is 1.04 bits per heavy atom. The number of hydrogen-bond acceptors (Lipinski definition) is 11. The smallest absolute Gasteiger partial charge is 0.217 e. The van der Waals surface area contributed by atoms with Gasteiger partial charge in [-0.1, -0.05) is 0 Å². The molecule has 0 bridgehead atoms. The van der Waals surface area contributed by atoms with Gasteiger partial charge in [0.25, 0.3) is 0 Å². The molecule has 12 nitrogen and oxygen atoms in total. The van der Waals surface area contributed by atoms with Crippen LogP contribution in [-0.2, 0) is 14.3 Å². The predicted molar refractivity (Wildman–Crippen MR) is 80.3 cm³/mol. The maximum Gasteiger partial charge on any atom is 0.217 e. The van der Waals surface area contributed by atoms with E-state index in [0.717, 1.165) is 6.92 Å². The highest BCUT2D eigenvalue weighted by Gasteiger charge is 2.72. The van der Waals surface area contributed by atoms with Crippen molar-refractivity contribution in [2.75, 3.05) is 19.8 Å². The molecule has 2 heterocycles. The molecule has 1 amide bonds. The van der Waals surface area contributed by atoms with E-state index >= 15 is 0 Å². The molecule has 12 heteroatoms. The summed E-state index contributed by atoms with van der Waals surface area (Å²) in [5.74, 6) is -0.690. The average Bonchev–Trinajstić information content (AvgIpc) is 2.60. The molecule has 0 unspecified atom stereocenters. The van der Waals surface area contributed by atoms with Crippen LogP contribution in [0.2, 0.25) is 0 Å². The van der Waals surface area contributed by atoms with Gasteiger partial charge < -0.3 is 55.6 Å². The minimum absolute atomic E-state index is 0.500. The minimum atomic E-state index is -3.11. The van der Waals surface area contributed by atoms with Crippen molar-refractivity contribution < 1.29 is 55.1 Å². The summed E-state index contributed by atoms with van der Waals surface area (Å²) in [6.07, 6.45) is -11.6. The molecule has 26 heavy (non-hydrogen) atoms. The summed E-state index contributed by atoms with van der Waals surface area (Å²) >= 11 is 0. The second-order valence-corrected chi connectivity index (χ2v) is 6.55. The molecule has 0 aliphatic carbocycles. The molecule has 2 fully saturated rings. The summed E-state index contributed by atoms with van der Waals surface area (Å²) in [5.41, 5.74) is -6.01. The van der Waals surface area contributed by atoms with Gasteiger partial charge in [-0.3, -0.25) is 4.79 Å². The van der Waals surface area contributed by atoms with Gasteiger partial charge in [-0.15, -0.1) is 0 Å². The van der Waals surface area contributed by atoms with E-state index in [-0.39, 0.29) is 0 Å². The molecule has 0 aromatic carbocycles. The van der Waals surface area contributed by atoms with E-state index in [1.165, 1.54) is 0 Å². The van der Waals surface area contributed by atoms with Gasteiger partial charge in [-0.25, -0.2) is 0 Å². The van der Waals surface area contributed by atoms with Crippen LogP contribution in [0.1, 0.15) is 6.92 Å². The van der Waals surface area contributed by atoms with E-state index in [1.54, 1.807) is 0 Å². The standard InChI is InChI=1S/C14H25NO11/c1-5(18)15-8-4-25-7(3-17)10(20)13(8,23)14(24)11(21)9(19)6(2-16)26-12(14)22/h6-12,16-17,19-24H,2-4H2,1H3,(H,15,18)/t6-,7-,8-,9+,10-,11+,12+,13+,14-/m1/s1. The van der Waals surface area contributed by atoms with Crippen molar-refractivity contribution in [2.45, 2.75) is 61.0 Å². The minimum Gasteiger partial charge on any atom is -0.394 e. The highest BCUT2D eigenvalue weighted by molar-refractivity contribution is 5.73. The van der Waals surface area contributed by atoms with Crippen LogP contribution in [0.5, 0.6) is 0 Å². The zero-order valence-corrected chi connectivity index (χ0v) is 14.0. The third-order valence-corrected chi connectivity index (χ3v) is 5.03. The normalized spacial score (nSPS) is 49.7. The SMILES string of the molecule is CC(=O)N[C@@H]1CO[C@H](CO)[C@@H](O)[C@]1(O)[C@]1(O)[C@@H](O)O[C@H](CO)[C@H](O)[C@@H]1O. The Kier molecular flexibility index (Phi) is 6.24. The van der Waals surface area contributed by atoms with Crippen LogP contribution >= 0.6 is 0 Å². The topological polar surface area (TPSA) is 209 Å². The molecular formula is C14H25NO11. The fourth-order valence-corrected chi connectivity index (χ4v) is 3.54. The van der Waals surface area contributed by atoms with Crippen LogP contribution in [0.4, 0.5) is 0 Å². The fraction of sp³-hybridized carbons (Fsp3) is 0.929. The molecule has 0 radical (unpaired) electrons. The molecule has 152 valence electrons.